The van der Waals surface area contributed by atoms with Crippen LogP contribution in [0.15, 0.2) is 0 Å². The first kappa shape index (κ1) is 15.2. The lowest BCUT2D eigenvalue weighted by molar-refractivity contribution is 0.102. The predicted octanol–water partition coefficient (Wildman–Crippen LogP) is 1.11. The number of aliphatic hydroxyl groups is 1. The number of rotatable bonds is 1. The van der Waals surface area contributed by atoms with Gasteiger partial charge < -0.3 is 20.8 Å². The van der Waals surface area contributed by atoms with E-state index in [1.807, 2.05) is 0 Å². The largest absolute Gasteiger partial charge is 0.465 e. The van der Waals surface area contributed by atoms with Crippen molar-refractivity contribution >= 4 is 6.09 Å². The Kier molecular flexibility index (Phi) is 6.36. The molecule has 1 rings (SSSR count). The van der Waals surface area contributed by atoms with Gasteiger partial charge in [-0.15, -0.1) is 0 Å². The van der Waals surface area contributed by atoms with E-state index in [2.05, 4.69) is 0 Å². The Hall–Kier alpha value is -0.810. The molecule has 0 spiro atoms. The van der Waals surface area contributed by atoms with Crippen LogP contribution >= 0.6 is 0 Å². The molecule has 96 valence electrons. The molecule has 1 fully saturated rings. The zero-order valence-electron chi connectivity index (χ0n) is 10.4. The van der Waals surface area contributed by atoms with Crippen molar-refractivity contribution in [3.8, 4) is 0 Å². The molecule has 0 aromatic heterocycles. The van der Waals surface area contributed by atoms with Crippen LogP contribution in [0.4, 0.5) is 4.79 Å². The third-order valence-corrected chi connectivity index (χ3v) is 2.22. The molecule has 1 aliphatic heterocycles. The van der Waals surface area contributed by atoms with Gasteiger partial charge in [-0.2, -0.15) is 0 Å². The summed E-state index contributed by atoms with van der Waals surface area (Å²) in [5.74, 6) is 0.533. The molecule has 5 nitrogen and oxygen atoms in total. The molecular formula is C11H24N2O3. The Morgan fingerprint density at radius 1 is 1.38 bits per heavy atom. The molecule has 0 bridgehead atoms. The van der Waals surface area contributed by atoms with Crippen molar-refractivity contribution in [2.24, 2.45) is 11.7 Å². The summed E-state index contributed by atoms with van der Waals surface area (Å²) in [6, 6.07) is 0. The van der Waals surface area contributed by atoms with Gasteiger partial charge in [0.25, 0.3) is 0 Å². The van der Waals surface area contributed by atoms with Gasteiger partial charge >= 0.3 is 6.09 Å². The Morgan fingerprint density at radius 3 is 2.00 bits per heavy atom. The van der Waals surface area contributed by atoms with Gasteiger partial charge in [0.05, 0.1) is 5.60 Å². The molecule has 0 atom stereocenters. The van der Waals surface area contributed by atoms with Crippen LogP contribution in [-0.2, 0) is 0 Å². The highest BCUT2D eigenvalue weighted by molar-refractivity contribution is 5.64. The number of likely N-dealkylation sites (tertiary alicyclic amines) is 1. The van der Waals surface area contributed by atoms with Crippen molar-refractivity contribution in [2.75, 3.05) is 19.6 Å². The summed E-state index contributed by atoms with van der Waals surface area (Å²) < 4.78 is 0. The number of amides is 1. The second-order valence-electron chi connectivity index (χ2n) is 5.12. The Bertz CT molecular complexity index is 200. The third kappa shape index (κ3) is 8.49. The first-order valence-electron chi connectivity index (χ1n) is 5.64. The van der Waals surface area contributed by atoms with Crippen LogP contribution in [0.5, 0.6) is 0 Å². The van der Waals surface area contributed by atoms with E-state index in [0.717, 1.165) is 12.8 Å². The fourth-order valence-corrected chi connectivity index (χ4v) is 1.36. The van der Waals surface area contributed by atoms with Gasteiger partial charge in [0.1, 0.15) is 0 Å². The fourth-order valence-electron chi connectivity index (χ4n) is 1.36. The second kappa shape index (κ2) is 6.70. The lowest BCUT2D eigenvalue weighted by atomic mass is 9.97. The molecular weight excluding hydrogens is 208 g/mol. The number of carbonyl (C=O) groups is 1. The molecule has 1 saturated heterocycles. The highest BCUT2D eigenvalue weighted by Gasteiger charge is 2.20. The predicted molar refractivity (Wildman–Crippen MR) is 63.3 cm³/mol. The summed E-state index contributed by atoms with van der Waals surface area (Å²) in [6.07, 6.45) is 1.03. The molecule has 0 aliphatic carbocycles. The standard InChI is InChI=1S/C7H14N2O2.C4H10O/c8-5-6-1-3-9(4-2-6)7(10)11;1-4(2,3)5/h6H,1-5,8H2,(H,10,11);5H,1-3H3. The monoisotopic (exact) mass is 232 g/mol. The second-order valence-corrected chi connectivity index (χ2v) is 5.12. The molecule has 0 unspecified atom stereocenters. The minimum atomic E-state index is -0.805. The molecule has 0 aromatic rings. The molecule has 1 amide bonds. The lowest BCUT2D eigenvalue weighted by Crippen LogP contribution is -2.39. The van der Waals surface area contributed by atoms with E-state index >= 15 is 0 Å². The van der Waals surface area contributed by atoms with Crippen molar-refractivity contribution < 1.29 is 15.0 Å². The van der Waals surface area contributed by atoms with Crippen LogP contribution in [0.3, 0.4) is 0 Å². The zero-order valence-corrected chi connectivity index (χ0v) is 10.4. The van der Waals surface area contributed by atoms with E-state index in [4.69, 9.17) is 15.9 Å². The van der Waals surface area contributed by atoms with E-state index in [0.29, 0.717) is 25.6 Å². The van der Waals surface area contributed by atoms with Crippen molar-refractivity contribution in [2.45, 2.75) is 39.2 Å². The zero-order chi connectivity index (χ0) is 12.8. The summed E-state index contributed by atoms with van der Waals surface area (Å²) in [5, 5.41) is 17.1. The van der Waals surface area contributed by atoms with Gasteiger partial charge in [-0.1, -0.05) is 0 Å². The van der Waals surface area contributed by atoms with E-state index in [1.165, 1.54) is 4.90 Å². The minimum absolute atomic E-state index is 0.500. The Labute approximate surface area is 97.2 Å². The lowest BCUT2D eigenvalue weighted by Gasteiger charge is -2.28. The maximum absolute atomic E-state index is 10.4. The molecule has 1 heterocycles. The number of nitrogens with zero attached hydrogens (tertiary/aromatic N) is 1. The van der Waals surface area contributed by atoms with Crippen LogP contribution in [0.25, 0.3) is 0 Å². The third-order valence-electron chi connectivity index (χ3n) is 2.22. The topological polar surface area (TPSA) is 86.8 Å². The highest BCUT2D eigenvalue weighted by atomic mass is 16.4. The molecule has 1 aliphatic rings. The summed E-state index contributed by atoms with van der Waals surface area (Å²) in [5.41, 5.74) is 4.96. The summed E-state index contributed by atoms with van der Waals surface area (Å²) >= 11 is 0. The maximum atomic E-state index is 10.4. The number of carboxylic acid groups (broad SMARTS) is 1. The molecule has 0 radical (unpaired) electrons. The van der Waals surface area contributed by atoms with E-state index in [1.54, 1.807) is 20.8 Å². The molecule has 16 heavy (non-hydrogen) atoms. The average molecular weight is 232 g/mol. The van der Waals surface area contributed by atoms with Gasteiger partial charge in [0, 0.05) is 13.1 Å². The molecule has 0 saturated carbocycles. The van der Waals surface area contributed by atoms with E-state index in [9.17, 15) is 4.79 Å². The molecule has 4 N–H and O–H groups in total. The summed E-state index contributed by atoms with van der Waals surface area (Å²) in [4.78, 5) is 11.9. The number of hydrogen-bond donors (Lipinski definition) is 3. The first-order valence-corrected chi connectivity index (χ1v) is 5.64. The maximum Gasteiger partial charge on any atom is 0.407 e. The van der Waals surface area contributed by atoms with Gasteiger partial charge in [0.2, 0.25) is 0 Å². The van der Waals surface area contributed by atoms with Gasteiger partial charge in [-0.3, -0.25) is 0 Å². The van der Waals surface area contributed by atoms with Gasteiger partial charge in [-0.25, -0.2) is 4.79 Å². The minimum Gasteiger partial charge on any atom is -0.465 e. The van der Waals surface area contributed by atoms with Gasteiger partial charge in [0.15, 0.2) is 0 Å². The fraction of sp³-hybridized carbons (Fsp3) is 0.909. The quantitative estimate of drug-likeness (QED) is 0.632. The highest BCUT2D eigenvalue weighted by Crippen LogP contribution is 2.15. The van der Waals surface area contributed by atoms with Gasteiger partial charge in [-0.05, 0) is 46.1 Å². The Balaban J connectivity index is 0.000000385. The first-order chi connectivity index (χ1) is 7.24. The van der Waals surface area contributed by atoms with Crippen molar-refractivity contribution in [3.63, 3.8) is 0 Å². The van der Waals surface area contributed by atoms with Crippen LogP contribution in [0, 0.1) is 5.92 Å². The van der Waals surface area contributed by atoms with Crippen LogP contribution < -0.4 is 5.73 Å². The number of piperidine rings is 1. The SMILES string of the molecule is CC(C)(C)O.NCC1CCN(C(=O)O)CC1. The van der Waals surface area contributed by atoms with Crippen LogP contribution in [-0.4, -0.2) is 46.4 Å². The van der Waals surface area contributed by atoms with E-state index in [-0.39, 0.29) is 0 Å². The average Bonchev–Trinajstić information content (AvgIpc) is 2.15. The van der Waals surface area contributed by atoms with Crippen LogP contribution in [0.1, 0.15) is 33.6 Å². The summed E-state index contributed by atoms with van der Waals surface area (Å²) in [7, 11) is 0. The normalized spacial score (nSPS) is 17.7. The van der Waals surface area contributed by atoms with E-state index < -0.39 is 11.7 Å². The smallest absolute Gasteiger partial charge is 0.407 e. The number of nitrogens with two attached hydrogens (primary N) is 1. The Morgan fingerprint density at radius 2 is 1.75 bits per heavy atom. The van der Waals surface area contributed by atoms with Crippen molar-refractivity contribution in [1.29, 1.82) is 0 Å². The molecule has 0 aromatic carbocycles. The van der Waals surface area contributed by atoms with Crippen LogP contribution in [0.2, 0.25) is 0 Å². The van der Waals surface area contributed by atoms with Crippen molar-refractivity contribution in [3.05, 3.63) is 0 Å². The molecule has 5 heteroatoms. The van der Waals surface area contributed by atoms with Crippen molar-refractivity contribution in [1.82, 2.24) is 4.90 Å². The number of hydrogen-bond acceptors (Lipinski definition) is 3. The summed E-state index contributed by atoms with van der Waals surface area (Å²) in [6.45, 7) is 7.22.